The zero-order valence-electron chi connectivity index (χ0n) is 12.8. The number of rotatable bonds is 4. The van der Waals surface area contributed by atoms with Crippen LogP contribution in [0.2, 0.25) is 0 Å². The Hall–Kier alpha value is -3.22. The Morgan fingerprint density at radius 1 is 1.17 bits per heavy atom. The van der Waals surface area contributed by atoms with E-state index in [4.69, 9.17) is 14.2 Å². The molecule has 1 aliphatic rings. The Bertz CT molecular complexity index is 788. The lowest BCUT2D eigenvalue weighted by Crippen LogP contribution is -2.30. The van der Waals surface area contributed by atoms with Gasteiger partial charge >= 0.3 is 5.97 Å². The molecule has 2 aromatic carbocycles. The summed E-state index contributed by atoms with van der Waals surface area (Å²) >= 11 is 0. The van der Waals surface area contributed by atoms with Crippen LogP contribution in [0.25, 0.3) is 0 Å². The molecule has 1 unspecified atom stereocenters. The zero-order chi connectivity index (χ0) is 17.1. The Labute approximate surface area is 137 Å². The molecule has 0 bridgehead atoms. The van der Waals surface area contributed by atoms with Gasteiger partial charge in [-0.05, 0) is 31.2 Å². The van der Waals surface area contributed by atoms with E-state index in [1.54, 1.807) is 30.3 Å². The van der Waals surface area contributed by atoms with Gasteiger partial charge < -0.3 is 24.6 Å². The van der Waals surface area contributed by atoms with Crippen molar-refractivity contribution in [1.82, 2.24) is 0 Å². The number of fused-ring (bicyclic) bond motifs is 1. The van der Waals surface area contributed by atoms with Crippen molar-refractivity contribution in [3.63, 3.8) is 0 Å². The fourth-order valence-electron chi connectivity index (χ4n) is 2.14. The van der Waals surface area contributed by atoms with Crippen LogP contribution in [0.5, 0.6) is 17.2 Å². The summed E-state index contributed by atoms with van der Waals surface area (Å²) in [5.74, 6) is -0.344. The van der Waals surface area contributed by atoms with E-state index in [9.17, 15) is 14.7 Å². The number of hydrogen-bond donors (Lipinski definition) is 2. The summed E-state index contributed by atoms with van der Waals surface area (Å²) < 4.78 is 15.5. The molecular weight excluding hydrogens is 314 g/mol. The van der Waals surface area contributed by atoms with E-state index in [-0.39, 0.29) is 18.1 Å². The van der Waals surface area contributed by atoms with Crippen LogP contribution in [0.1, 0.15) is 17.3 Å². The number of amides is 1. The molecule has 3 rings (SSSR count). The van der Waals surface area contributed by atoms with Gasteiger partial charge in [0.05, 0.1) is 0 Å². The summed E-state index contributed by atoms with van der Waals surface area (Å²) in [4.78, 5) is 24.1. The molecule has 24 heavy (non-hydrogen) atoms. The molecule has 0 fully saturated rings. The summed E-state index contributed by atoms with van der Waals surface area (Å²) in [5.41, 5.74) is 0.495. The predicted molar refractivity (Wildman–Crippen MR) is 84.2 cm³/mol. The Kier molecular flexibility index (Phi) is 4.24. The van der Waals surface area contributed by atoms with Crippen LogP contribution in [0.3, 0.4) is 0 Å². The number of hydrogen-bond acceptors (Lipinski definition) is 6. The second-order valence-electron chi connectivity index (χ2n) is 5.12. The normalized spacial score (nSPS) is 13.2. The minimum atomic E-state index is -1.04. The van der Waals surface area contributed by atoms with Crippen molar-refractivity contribution < 1.29 is 28.9 Å². The summed E-state index contributed by atoms with van der Waals surface area (Å²) in [5, 5.41) is 12.3. The summed E-state index contributed by atoms with van der Waals surface area (Å²) in [7, 11) is 0. The number of carbonyl (C=O) groups excluding carboxylic acids is 2. The highest BCUT2D eigenvalue weighted by Gasteiger charge is 2.21. The van der Waals surface area contributed by atoms with Gasteiger partial charge in [0.25, 0.3) is 5.91 Å². The first kappa shape index (κ1) is 15.7. The molecule has 0 aliphatic carbocycles. The minimum Gasteiger partial charge on any atom is -0.507 e. The average Bonchev–Trinajstić information content (AvgIpc) is 3.02. The van der Waals surface area contributed by atoms with Crippen molar-refractivity contribution in [1.29, 1.82) is 0 Å². The third-order valence-electron chi connectivity index (χ3n) is 3.42. The molecule has 1 amide bonds. The lowest BCUT2D eigenvalue weighted by molar-refractivity contribution is -0.123. The smallest absolute Gasteiger partial charge is 0.342 e. The molecule has 0 spiro atoms. The van der Waals surface area contributed by atoms with Gasteiger partial charge in [0.15, 0.2) is 17.6 Å². The largest absolute Gasteiger partial charge is 0.507 e. The number of phenols is 1. The highest BCUT2D eigenvalue weighted by Crippen LogP contribution is 2.34. The average molecular weight is 329 g/mol. The number of ether oxygens (including phenoxy) is 3. The Morgan fingerprint density at radius 3 is 2.71 bits per heavy atom. The maximum absolute atomic E-state index is 12.1. The van der Waals surface area contributed by atoms with Crippen LogP contribution in [0.4, 0.5) is 5.69 Å². The van der Waals surface area contributed by atoms with E-state index in [1.807, 2.05) is 0 Å². The highest BCUT2D eigenvalue weighted by atomic mass is 16.7. The molecule has 2 N–H and O–H groups in total. The van der Waals surface area contributed by atoms with Crippen LogP contribution in [0.15, 0.2) is 42.5 Å². The maximum Gasteiger partial charge on any atom is 0.342 e. The number of aromatic hydroxyl groups is 1. The molecule has 0 aromatic heterocycles. The Balaban J connectivity index is 1.63. The zero-order valence-corrected chi connectivity index (χ0v) is 12.8. The fraction of sp³-hybridized carbons (Fsp3) is 0.176. The maximum atomic E-state index is 12.1. The summed E-state index contributed by atoms with van der Waals surface area (Å²) in [6, 6.07) is 10.9. The molecule has 1 atom stereocenters. The van der Waals surface area contributed by atoms with Gasteiger partial charge in [-0.3, -0.25) is 4.79 Å². The third kappa shape index (κ3) is 3.24. The summed E-state index contributed by atoms with van der Waals surface area (Å²) in [6.07, 6.45) is -1.04. The van der Waals surface area contributed by atoms with E-state index < -0.39 is 18.0 Å². The monoisotopic (exact) mass is 329 g/mol. The van der Waals surface area contributed by atoms with Crippen molar-refractivity contribution in [3.05, 3.63) is 48.0 Å². The molecule has 1 heterocycles. The number of carbonyl (C=O) groups is 2. The van der Waals surface area contributed by atoms with E-state index in [0.717, 1.165) is 0 Å². The van der Waals surface area contributed by atoms with Crippen LogP contribution in [0, 0.1) is 0 Å². The molecule has 7 heteroatoms. The van der Waals surface area contributed by atoms with E-state index >= 15 is 0 Å². The van der Waals surface area contributed by atoms with E-state index in [1.165, 1.54) is 19.1 Å². The number of nitrogens with one attached hydrogen (secondary N) is 1. The minimum absolute atomic E-state index is 0.000213. The van der Waals surface area contributed by atoms with Crippen LogP contribution in [-0.2, 0) is 9.53 Å². The number of esters is 1. The molecule has 0 saturated heterocycles. The van der Waals surface area contributed by atoms with Gasteiger partial charge in [0, 0.05) is 11.8 Å². The van der Waals surface area contributed by atoms with Crippen LogP contribution < -0.4 is 14.8 Å². The number of benzene rings is 2. The van der Waals surface area contributed by atoms with Crippen molar-refractivity contribution >= 4 is 17.6 Å². The molecule has 1 aliphatic heterocycles. The van der Waals surface area contributed by atoms with Gasteiger partial charge in [-0.1, -0.05) is 12.1 Å². The van der Waals surface area contributed by atoms with Crippen LogP contribution in [-0.4, -0.2) is 29.9 Å². The van der Waals surface area contributed by atoms with Gasteiger partial charge in [-0.2, -0.15) is 0 Å². The van der Waals surface area contributed by atoms with Crippen molar-refractivity contribution in [2.24, 2.45) is 0 Å². The Morgan fingerprint density at radius 2 is 1.92 bits per heavy atom. The summed E-state index contributed by atoms with van der Waals surface area (Å²) in [6.45, 7) is 1.58. The van der Waals surface area contributed by atoms with E-state index in [2.05, 4.69) is 5.32 Å². The van der Waals surface area contributed by atoms with Gasteiger partial charge in [0.2, 0.25) is 6.79 Å². The van der Waals surface area contributed by atoms with Gasteiger partial charge in [-0.25, -0.2) is 4.79 Å². The lowest BCUT2D eigenvalue weighted by Gasteiger charge is -2.14. The quantitative estimate of drug-likeness (QED) is 0.836. The molecular formula is C17H15NO6. The van der Waals surface area contributed by atoms with Crippen molar-refractivity contribution in [2.45, 2.75) is 13.0 Å². The number of anilines is 1. The molecule has 7 nitrogen and oxygen atoms in total. The first-order chi connectivity index (χ1) is 11.5. The highest BCUT2D eigenvalue weighted by molar-refractivity contribution is 5.98. The fourth-order valence-corrected chi connectivity index (χ4v) is 2.14. The lowest BCUT2D eigenvalue weighted by atomic mass is 10.2. The van der Waals surface area contributed by atoms with Crippen molar-refractivity contribution in [2.75, 3.05) is 12.1 Å². The molecule has 124 valence electrons. The third-order valence-corrected chi connectivity index (χ3v) is 3.42. The molecule has 0 saturated carbocycles. The SMILES string of the molecule is CC(OC(=O)c1ccccc1O)C(=O)Nc1ccc2c(c1)OCO2. The number of para-hydroxylation sites is 1. The van der Waals surface area contributed by atoms with E-state index in [0.29, 0.717) is 17.2 Å². The van der Waals surface area contributed by atoms with Gasteiger partial charge in [-0.15, -0.1) is 0 Å². The topological polar surface area (TPSA) is 94.1 Å². The first-order valence-corrected chi connectivity index (χ1v) is 7.24. The standard InChI is InChI=1S/C17H15NO6/c1-10(24-17(21)12-4-2-3-5-13(12)19)16(20)18-11-6-7-14-15(8-11)23-9-22-14/h2-8,10,19H,9H2,1H3,(H,18,20). The van der Waals surface area contributed by atoms with Crippen LogP contribution >= 0.6 is 0 Å². The van der Waals surface area contributed by atoms with Crippen molar-refractivity contribution in [3.8, 4) is 17.2 Å². The molecule has 0 radical (unpaired) electrons. The van der Waals surface area contributed by atoms with Gasteiger partial charge in [0.1, 0.15) is 11.3 Å². The number of phenolic OH excluding ortho intramolecular Hbond substituents is 1. The second kappa shape index (κ2) is 6.49. The predicted octanol–water partition coefficient (Wildman–Crippen LogP) is 2.30. The second-order valence-corrected chi connectivity index (χ2v) is 5.12. The molecule has 2 aromatic rings. The first-order valence-electron chi connectivity index (χ1n) is 7.24.